The lowest BCUT2D eigenvalue weighted by atomic mass is 10.1. The molecular weight excluding hydrogens is 268 g/mol. The van der Waals surface area contributed by atoms with Crippen molar-refractivity contribution in [3.63, 3.8) is 0 Å². The van der Waals surface area contributed by atoms with Crippen LogP contribution in [0.25, 0.3) is 0 Å². The molecule has 1 aromatic rings. The number of guanidine groups is 1. The first-order valence-electron chi connectivity index (χ1n) is 4.87. The first kappa shape index (κ1) is 14.7. The number of urea groups is 1. The number of hydrogen-bond acceptors (Lipinski definition) is 1. The molecule has 0 spiro atoms. The second kappa shape index (κ2) is 5.12. The van der Waals surface area contributed by atoms with Gasteiger partial charge in [-0.25, -0.2) is 9.18 Å². The van der Waals surface area contributed by atoms with Crippen molar-refractivity contribution in [2.75, 3.05) is 11.9 Å². The molecule has 0 fully saturated rings. The molecule has 0 saturated heterocycles. The Morgan fingerprint density at radius 2 is 1.89 bits per heavy atom. The van der Waals surface area contributed by atoms with Crippen LogP contribution < -0.4 is 16.4 Å². The Hall–Kier alpha value is -2.32. The van der Waals surface area contributed by atoms with E-state index in [1.54, 1.807) is 0 Å². The Kier molecular flexibility index (Phi) is 3.98. The van der Waals surface area contributed by atoms with Gasteiger partial charge >= 0.3 is 12.2 Å². The number of amides is 2. The average molecular weight is 278 g/mol. The molecule has 0 aromatic heterocycles. The number of anilines is 1. The van der Waals surface area contributed by atoms with Gasteiger partial charge in [-0.2, -0.15) is 18.2 Å². The van der Waals surface area contributed by atoms with Crippen LogP contribution in [0.2, 0.25) is 0 Å². The highest BCUT2D eigenvalue weighted by Gasteiger charge is 2.36. The van der Waals surface area contributed by atoms with E-state index in [1.807, 2.05) is 0 Å². The van der Waals surface area contributed by atoms with Gasteiger partial charge in [0.1, 0.15) is 5.82 Å². The quantitative estimate of drug-likeness (QED) is 0.465. The van der Waals surface area contributed by atoms with Gasteiger partial charge in [0, 0.05) is 7.05 Å². The maximum atomic E-state index is 13.5. The Balaban J connectivity index is 3.34. The first-order valence-corrected chi connectivity index (χ1v) is 4.87. The fourth-order valence-corrected chi connectivity index (χ4v) is 1.37. The van der Waals surface area contributed by atoms with Gasteiger partial charge in [-0.15, -0.1) is 0 Å². The summed E-state index contributed by atoms with van der Waals surface area (Å²) in [7, 11) is 0.933. The van der Waals surface area contributed by atoms with Crippen molar-refractivity contribution in [1.82, 2.24) is 0 Å². The summed E-state index contributed by atoms with van der Waals surface area (Å²) in [5.41, 5.74) is 7.63. The van der Waals surface area contributed by atoms with Gasteiger partial charge in [0.05, 0.1) is 11.3 Å². The lowest BCUT2D eigenvalue weighted by Gasteiger charge is -2.20. The van der Waals surface area contributed by atoms with Crippen LogP contribution in [-0.2, 0) is 6.18 Å². The zero-order valence-corrected chi connectivity index (χ0v) is 9.70. The number of aliphatic imine (C=N–C) groups is 1. The second-order valence-corrected chi connectivity index (χ2v) is 3.51. The van der Waals surface area contributed by atoms with Crippen LogP contribution in [-0.4, -0.2) is 19.0 Å². The molecule has 0 unspecified atom stereocenters. The van der Waals surface area contributed by atoms with E-state index in [0.29, 0.717) is 11.0 Å². The van der Waals surface area contributed by atoms with E-state index in [9.17, 15) is 22.4 Å². The molecule has 0 radical (unpaired) electrons. The van der Waals surface area contributed by atoms with E-state index in [2.05, 4.69) is 4.99 Å². The van der Waals surface area contributed by atoms with Crippen molar-refractivity contribution in [3.8, 4) is 0 Å². The molecule has 0 aliphatic heterocycles. The van der Waals surface area contributed by atoms with Crippen LogP contribution in [0.15, 0.2) is 23.2 Å². The number of nitrogens with zero attached hydrogens (tertiary/aromatic N) is 2. The molecule has 19 heavy (non-hydrogen) atoms. The summed E-state index contributed by atoms with van der Waals surface area (Å²) in [5, 5.41) is 0. The van der Waals surface area contributed by atoms with E-state index in [-0.39, 0.29) is 0 Å². The summed E-state index contributed by atoms with van der Waals surface area (Å²) < 4.78 is 51.7. The molecule has 4 N–H and O–H groups in total. The third-order valence-corrected chi connectivity index (χ3v) is 2.14. The van der Waals surface area contributed by atoms with Crippen molar-refractivity contribution in [2.45, 2.75) is 6.18 Å². The SMILES string of the molecule is CN(C(=O)N=C(N)N)c1c(F)cccc1C(F)(F)F. The van der Waals surface area contributed by atoms with Gasteiger partial charge in [-0.1, -0.05) is 6.07 Å². The summed E-state index contributed by atoms with van der Waals surface area (Å²) in [5.74, 6) is -1.85. The largest absolute Gasteiger partial charge is 0.418 e. The number of carbonyl (C=O) groups is 1. The van der Waals surface area contributed by atoms with Crippen molar-refractivity contribution < 1.29 is 22.4 Å². The highest BCUT2D eigenvalue weighted by Crippen LogP contribution is 2.37. The van der Waals surface area contributed by atoms with Gasteiger partial charge in [-0.05, 0) is 12.1 Å². The molecule has 0 heterocycles. The van der Waals surface area contributed by atoms with E-state index in [1.165, 1.54) is 0 Å². The fourth-order valence-electron chi connectivity index (χ4n) is 1.37. The monoisotopic (exact) mass is 278 g/mol. The van der Waals surface area contributed by atoms with Crippen molar-refractivity contribution in [3.05, 3.63) is 29.6 Å². The fraction of sp³-hybridized carbons (Fsp3) is 0.200. The normalized spacial score (nSPS) is 11.0. The number of rotatable bonds is 1. The van der Waals surface area contributed by atoms with E-state index < -0.39 is 35.2 Å². The first-order chi connectivity index (χ1) is 8.64. The van der Waals surface area contributed by atoms with E-state index in [0.717, 1.165) is 19.2 Å². The zero-order valence-electron chi connectivity index (χ0n) is 9.70. The summed E-state index contributed by atoms with van der Waals surface area (Å²) in [4.78, 5) is 14.9. The predicted molar refractivity (Wildman–Crippen MR) is 61.0 cm³/mol. The molecule has 9 heteroatoms. The minimum absolute atomic E-state index is 0.387. The lowest BCUT2D eigenvalue weighted by molar-refractivity contribution is -0.137. The number of benzene rings is 1. The topological polar surface area (TPSA) is 84.7 Å². The molecule has 1 rings (SSSR count). The number of nitrogens with two attached hydrogens (primary N) is 2. The van der Waals surface area contributed by atoms with Gasteiger partial charge in [0.25, 0.3) is 0 Å². The van der Waals surface area contributed by atoms with Gasteiger partial charge in [0.2, 0.25) is 0 Å². The second-order valence-electron chi connectivity index (χ2n) is 3.51. The number of carbonyl (C=O) groups excluding carboxylic acids is 1. The van der Waals surface area contributed by atoms with Crippen molar-refractivity contribution in [2.24, 2.45) is 16.5 Å². The van der Waals surface area contributed by atoms with Gasteiger partial charge in [-0.3, -0.25) is 4.90 Å². The van der Waals surface area contributed by atoms with Crippen molar-refractivity contribution >= 4 is 17.7 Å². The van der Waals surface area contributed by atoms with Gasteiger partial charge in [0.15, 0.2) is 5.96 Å². The van der Waals surface area contributed by atoms with Crippen LogP contribution in [0.3, 0.4) is 0 Å². The molecule has 5 nitrogen and oxygen atoms in total. The van der Waals surface area contributed by atoms with Crippen LogP contribution in [0.1, 0.15) is 5.56 Å². The highest BCUT2D eigenvalue weighted by atomic mass is 19.4. The minimum atomic E-state index is -4.82. The zero-order chi connectivity index (χ0) is 14.8. The molecule has 0 bridgehead atoms. The van der Waals surface area contributed by atoms with Crippen LogP contribution in [0.5, 0.6) is 0 Å². The van der Waals surface area contributed by atoms with E-state index >= 15 is 0 Å². The maximum Gasteiger partial charge on any atom is 0.418 e. The standard InChI is InChI=1S/C10H10F4N4O/c1-18(9(19)17-8(15)16)7-5(10(12,13)14)3-2-4-6(7)11/h2-4H,1H3,(H4,15,16,17,19). The molecule has 1 aromatic carbocycles. The minimum Gasteiger partial charge on any atom is -0.370 e. The average Bonchev–Trinajstić information content (AvgIpc) is 2.25. The molecule has 0 aliphatic rings. The third kappa shape index (κ3) is 3.33. The van der Waals surface area contributed by atoms with Crippen LogP contribution in [0, 0.1) is 5.82 Å². The van der Waals surface area contributed by atoms with Crippen LogP contribution in [0.4, 0.5) is 28.0 Å². The molecular formula is C10H10F4N4O. The number of para-hydroxylation sites is 1. The number of alkyl halides is 3. The Bertz CT molecular complexity index is 523. The third-order valence-electron chi connectivity index (χ3n) is 2.14. The molecule has 104 valence electrons. The summed E-state index contributed by atoms with van der Waals surface area (Å²) >= 11 is 0. The summed E-state index contributed by atoms with van der Waals surface area (Å²) in [6.07, 6.45) is -4.82. The Morgan fingerprint density at radius 3 is 2.37 bits per heavy atom. The lowest BCUT2D eigenvalue weighted by Crippen LogP contribution is -2.31. The molecule has 2 amide bonds. The van der Waals surface area contributed by atoms with Crippen molar-refractivity contribution in [1.29, 1.82) is 0 Å². The van der Waals surface area contributed by atoms with Crippen LogP contribution >= 0.6 is 0 Å². The maximum absolute atomic E-state index is 13.5. The highest BCUT2D eigenvalue weighted by molar-refractivity contribution is 6.00. The molecule has 0 atom stereocenters. The van der Waals surface area contributed by atoms with Gasteiger partial charge < -0.3 is 11.5 Å². The Labute approximate surface area is 105 Å². The molecule has 0 saturated carbocycles. The van der Waals surface area contributed by atoms with E-state index in [4.69, 9.17) is 11.5 Å². The summed E-state index contributed by atoms with van der Waals surface area (Å²) in [6.45, 7) is 0. The summed E-state index contributed by atoms with van der Waals surface area (Å²) in [6, 6.07) is 1.12. The number of halogens is 4. The smallest absolute Gasteiger partial charge is 0.370 e. The number of hydrogen-bond donors (Lipinski definition) is 2. The molecule has 0 aliphatic carbocycles. The Morgan fingerprint density at radius 1 is 1.32 bits per heavy atom. The predicted octanol–water partition coefficient (Wildman–Crippen LogP) is 1.67.